The van der Waals surface area contributed by atoms with Crippen LogP contribution in [0, 0.1) is 6.92 Å². The molecule has 0 unspecified atom stereocenters. The molecule has 0 aliphatic heterocycles. The van der Waals surface area contributed by atoms with Crippen LogP contribution in [-0.2, 0) is 4.79 Å². The molecule has 0 saturated heterocycles. The number of anilines is 1. The van der Waals surface area contributed by atoms with Gasteiger partial charge in [-0.25, -0.2) is 4.98 Å². The number of ether oxygens (including phenoxy) is 1. The summed E-state index contributed by atoms with van der Waals surface area (Å²) in [6.45, 7) is -0.959. The van der Waals surface area contributed by atoms with Gasteiger partial charge < -0.3 is 10.1 Å². The number of carbonyl (C=O) groups is 1. The van der Waals surface area contributed by atoms with E-state index in [0.717, 1.165) is 11.3 Å². The summed E-state index contributed by atoms with van der Waals surface area (Å²) in [6, 6.07) is 14.0. The van der Waals surface area contributed by atoms with Crippen LogP contribution < -0.4 is 10.1 Å². The van der Waals surface area contributed by atoms with E-state index in [1.54, 1.807) is 18.3 Å². The lowest BCUT2D eigenvalue weighted by atomic mass is 10.2. The number of amides is 1. The van der Waals surface area contributed by atoms with Crippen molar-refractivity contribution in [3.63, 3.8) is 0 Å². The first kappa shape index (κ1) is 18.9. The first-order valence-electron chi connectivity index (χ1n) is 8.10. The van der Waals surface area contributed by atoms with E-state index in [9.17, 15) is 13.6 Å². The van der Waals surface area contributed by atoms with Gasteiger partial charge in [0.2, 0.25) is 5.91 Å². The van der Waals surface area contributed by atoms with Gasteiger partial charge in [-0.3, -0.25) is 9.36 Å². The molecule has 1 N–H and O–H groups in total. The Morgan fingerprint density at radius 3 is 2.85 bits per heavy atom. The SMILES string of the molecule is Cc1cccc(-n2ccnc2SCC(=O)Nc2ccccc2OC(F)F)c1. The van der Waals surface area contributed by atoms with Crippen molar-refractivity contribution in [1.29, 1.82) is 0 Å². The van der Waals surface area contributed by atoms with Gasteiger partial charge in [0, 0.05) is 18.1 Å². The van der Waals surface area contributed by atoms with Gasteiger partial charge in [0.15, 0.2) is 5.16 Å². The summed E-state index contributed by atoms with van der Waals surface area (Å²) in [5.41, 5.74) is 2.27. The number of halogens is 2. The van der Waals surface area contributed by atoms with Gasteiger partial charge in [0.1, 0.15) is 5.75 Å². The Labute approximate surface area is 159 Å². The van der Waals surface area contributed by atoms with Crippen LogP contribution in [0.25, 0.3) is 5.69 Å². The van der Waals surface area contributed by atoms with Crippen LogP contribution in [0.15, 0.2) is 66.1 Å². The molecule has 2 aromatic carbocycles. The van der Waals surface area contributed by atoms with Gasteiger partial charge >= 0.3 is 6.61 Å². The molecule has 0 aliphatic carbocycles. The van der Waals surface area contributed by atoms with Crippen molar-refractivity contribution < 1.29 is 18.3 Å². The fourth-order valence-electron chi connectivity index (χ4n) is 2.46. The highest BCUT2D eigenvalue weighted by Crippen LogP contribution is 2.26. The number of alkyl halides is 2. The molecule has 3 rings (SSSR count). The van der Waals surface area contributed by atoms with Gasteiger partial charge in [0.25, 0.3) is 0 Å². The van der Waals surface area contributed by atoms with E-state index in [0.29, 0.717) is 5.16 Å². The average molecular weight is 389 g/mol. The quantitative estimate of drug-likeness (QED) is 0.604. The molecular weight excluding hydrogens is 372 g/mol. The second-order valence-electron chi connectivity index (χ2n) is 5.63. The molecule has 1 amide bonds. The summed E-state index contributed by atoms with van der Waals surface area (Å²) in [5, 5.41) is 3.25. The number of rotatable bonds is 7. The molecule has 0 spiro atoms. The van der Waals surface area contributed by atoms with Gasteiger partial charge in [-0.2, -0.15) is 8.78 Å². The second-order valence-corrected chi connectivity index (χ2v) is 6.57. The third kappa shape index (κ3) is 5.07. The van der Waals surface area contributed by atoms with Crippen LogP contribution in [0.1, 0.15) is 5.56 Å². The summed E-state index contributed by atoms with van der Waals surface area (Å²) in [5.74, 6) is -0.345. The highest BCUT2D eigenvalue weighted by molar-refractivity contribution is 7.99. The molecule has 27 heavy (non-hydrogen) atoms. The average Bonchev–Trinajstić information content (AvgIpc) is 3.10. The Morgan fingerprint density at radius 2 is 2.07 bits per heavy atom. The number of imidazole rings is 1. The number of aromatic nitrogens is 2. The molecule has 0 fully saturated rings. The van der Waals surface area contributed by atoms with E-state index < -0.39 is 6.61 Å². The standard InChI is InChI=1S/C19H17F2N3O2S/c1-13-5-4-6-14(11-13)24-10-9-22-19(24)27-12-17(25)23-15-7-2-3-8-16(15)26-18(20)21/h2-11,18H,12H2,1H3,(H,23,25). The number of hydrogen-bond donors (Lipinski definition) is 1. The minimum atomic E-state index is -2.96. The maximum atomic E-state index is 12.5. The molecule has 8 heteroatoms. The number of para-hydroxylation sites is 2. The maximum Gasteiger partial charge on any atom is 0.387 e. The predicted molar refractivity (Wildman–Crippen MR) is 101 cm³/mol. The molecule has 0 atom stereocenters. The van der Waals surface area contributed by atoms with Crippen LogP contribution in [0.3, 0.4) is 0 Å². The zero-order chi connectivity index (χ0) is 19.2. The molecule has 1 heterocycles. The molecule has 0 saturated carbocycles. The molecule has 3 aromatic rings. The van der Waals surface area contributed by atoms with Crippen LogP contribution in [-0.4, -0.2) is 27.8 Å². The normalized spacial score (nSPS) is 10.8. The van der Waals surface area contributed by atoms with Crippen molar-refractivity contribution in [2.24, 2.45) is 0 Å². The van der Waals surface area contributed by atoms with Crippen LogP contribution in [0.5, 0.6) is 5.75 Å². The van der Waals surface area contributed by atoms with E-state index in [2.05, 4.69) is 15.0 Å². The third-order valence-electron chi connectivity index (χ3n) is 3.60. The number of thioether (sulfide) groups is 1. The predicted octanol–water partition coefficient (Wildman–Crippen LogP) is 4.51. The minimum Gasteiger partial charge on any atom is -0.433 e. The summed E-state index contributed by atoms with van der Waals surface area (Å²) in [6.07, 6.45) is 3.48. The van der Waals surface area contributed by atoms with Crippen molar-refractivity contribution >= 4 is 23.4 Å². The lowest BCUT2D eigenvalue weighted by molar-refractivity contribution is -0.113. The number of benzene rings is 2. The van der Waals surface area contributed by atoms with Crippen molar-refractivity contribution in [2.45, 2.75) is 18.7 Å². The summed E-state index contributed by atoms with van der Waals surface area (Å²) < 4.78 is 31.2. The number of nitrogens with one attached hydrogen (secondary N) is 1. The van der Waals surface area contributed by atoms with Crippen molar-refractivity contribution in [3.05, 3.63) is 66.5 Å². The van der Waals surface area contributed by atoms with E-state index in [-0.39, 0.29) is 23.1 Å². The van der Waals surface area contributed by atoms with Gasteiger partial charge in [-0.1, -0.05) is 36.0 Å². The molecule has 5 nitrogen and oxygen atoms in total. The number of hydrogen-bond acceptors (Lipinski definition) is 4. The van der Waals surface area contributed by atoms with E-state index >= 15 is 0 Å². The summed E-state index contributed by atoms with van der Waals surface area (Å²) in [7, 11) is 0. The molecule has 0 aliphatic rings. The lowest BCUT2D eigenvalue weighted by Gasteiger charge is -2.12. The van der Waals surface area contributed by atoms with Crippen molar-refractivity contribution in [2.75, 3.05) is 11.1 Å². The van der Waals surface area contributed by atoms with Gasteiger partial charge in [-0.15, -0.1) is 0 Å². The van der Waals surface area contributed by atoms with Crippen LogP contribution in [0.4, 0.5) is 14.5 Å². The summed E-state index contributed by atoms with van der Waals surface area (Å²) in [4.78, 5) is 16.5. The van der Waals surface area contributed by atoms with Crippen molar-refractivity contribution in [3.8, 4) is 11.4 Å². The largest absolute Gasteiger partial charge is 0.433 e. The Bertz CT molecular complexity index is 931. The number of carbonyl (C=O) groups excluding carboxylic acids is 1. The highest BCUT2D eigenvalue weighted by atomic mass is 32.2. The minimum absolute atomic E-state index is 0.0752. The van der Waals surface area contributed by atoms with Crippen molar-refractivity contribution in [1.82, 2.24) is 9.55 Å². The molecule has 0 bridgehead atoms. The van der Waals surface area contributed by atoms with Crippen LogP contribution >= 0.6 is 11.8 Å². The highest BCUT2D eigenvalue weighted by Gasteiger charge is 2.13. The fourth-order valence-corrected chi connectivity index (χ4v) is 3.23. The molecular formula is C19H17F2N3O2S. The van der Waals surface area contributed by atoms with Gasteiger partial charge in [0.05, 0.1) is 11.4 Å². The van der Waals surface area contributed by atoms with E-state index in [1.807, 2.05) is 42.0 Å². The first-order chi connectivity index (χ1) is 13.0. The molecule has 140 valence electrons. The monoisotopic (exact) mass is 389 g/mol. The zero-order valence-electron chi connectivity index (χ0n) is 14.4. The van der Waals surface area contributed by atoms with E-state index in [4.69, 9.17) is 0 Å². The van der Waals surface area contributed by atoms with E-state index in [1.165, 1.54) is 23.9 Å². The zero-order valence-corrected chi connectivity index (χ0v) is 15.2. The van der Waals surface area contributed by atoms with Gasteiger partial charge in [-0.05, 0) is 36.8 Å². The molecule has 1 aromatic heterocycles. The Kier molecular flexibility index (Phi) is 6.08. The topological polar surface area (TPSA) is 56.2 Å². The van der Waals surface area contributed by atoms with Crippen LogP contribution in [0.2, 0.25) is 0 Å². The smallest absolute Gasteiger partial charge is 0.387 e. The Morgan fingerprint density at radius 1 is 1.26 bits per heavy atom. The third-order valence-corrected chi connectivity index (χ3v) is 4.56. The maximum absolute atomic E-state index is 12.5. The number of aryl methyl sites for hydroxylation is 1. The lowest BCUT2D eigenvalue weighted by Crippen LogP contribution is -2.16. The molecule has 0 radical (unpaired) electrons. The Hall–Kier alpha value is -2.87. The Balaban J connectivity index is 1.65. The fraction of sp³-hybridized carbons (Fsp3) is 0.158. The summed E-state index contributed by atoms with van der Waals surface area (Å²) >= 11 is 1.25. The number of nitrogens with zero attached hydrogens (tertiary/aromatic N) is 2. The second kappa shape index (κ2) is 8.68. The first-order valence-corrected chi connectivity index (χ1v) is 9.08.